The van der Waals surface area contributed by atoms with Crippen LogP contribution in [0.15, 0.2) is 12.1 Å². The van der Waals surface area contributed by atoms with Crippen LogP contribution >= 0.6 is 0 Å². The normalized spacial score (nSPS) is 11.2. The van der Waals surface area contributed by atoms with E-state index in [2.05, 4.69) is 26.0 Å². The summed E-state index contributed by atoms with van der Waals surface area (Å²) in [7, 11) is 0. The maximum Gasteiger partial charge on any atom is 0.407 e. The zero-order chi connectivity index (χ0) is 21.6. The maximum absolute atomic E-state index is 11.6. The first kappa shape index (κ1) is 22.2. The van der Waals surface area contributed by atoms with E-state index >= 15 is 0 Å². The molecule has 2 aromatic rings. The molecular formula is C19H28N6O4. The number of nitrogens with one attached hydrogen (secondary N) is 3. The van der Waals surface area contributed by atoms with Crippen molar-refractivity contribution in [2.24, 2.45) is 5.84 Å². The van der Waals surface area contributed by atoms with Gasteiger partial charge in [0.2, 0.25) is 0 Å². The first-order valence-electron chi connectivity index (χ1n) is 9.34. The van der Waals surface area contributed by atoms with Crippen molar-refractivity contribution in [3.05, 3.63) is 23.3 Å². The van der Waals surface area contributed by atoms with Crippen LogP contribution in [-0.4, -0.2) is 45.8 Å². The van der Waals surface area contributed by atoms with Crippen molar-refractivity contribution in [2.75, 3.05) is 23.8 Å². The molecular weight excluding hydrogens is 376 g/mol. The highest BCUT2D eigenvalue weighted by molar-refractivity contribution is 5.96. The van der Waals surface area contributed by atoms with Crippen LogP contribution < -0.4 is 21.9 Å². The number of ether oxygens (including phenoxy) is 1. The van der Waals surface area contributed by atoms with Crippen molar-refractivity contribution >= 4 is 34.7 Å². The summed E-state index contributed by atoms with van der Waals surface area (Å²) < 4.78 is 5.17. The van der Waals surface area contributed by atoms with Gasteiger partial charge in [0, 0.05) is 13.1 Å². The van der Waals surface area contributed by atoms with Gasteiger partial charge in [-0.05, 0) is 58.2 Å². The van der Waals surface area contributed by atoms with Gasteiger partial charge in [-0.3, -0.25) is 0 Å². The third-order valence-corrected chi connectivity index (χ3v) is 4.02. The van der Waals surface area contributed by atoms with Crippen molar-refractivity contribution in [3.8, 4) is 0 Å². The second-order valence-corrected chi connectivity index (χ2v) is 7.54. The number of rotatable bonds is 8. The summed E-state index contributed by atoms with van der Waals surface area (Å²) in [4.78, 5) is 31.8. The van der Waals surface area contributed by atoms with Crippen molar-refractivity contribution < 1.29 is 19.4 Å². The molecule has 0 aliphatic carbocycles. The molecule has 10 nitrogen and oxygen atoms in total. The zero-order valence-corrected chi connectivity index (χ0v) is 17.1. The highest BCUT2D eigenvalue weighted by Crippen LogP contribution is 2.25. The Morgan fingerprint density at radius 2 is 1.83 bits per heavy atom. The van der Waals surface area contributed by atoms with E-state index in [0.717, 1.165) is 12.8 Å². The number of alkyl carbamates (subject to hydrolysis) is 1. The number of anilines is 2. The molecule has 1 amide bonds. The lowest BCUT2D eigenvalue weighted by Gasteiger charge is -2.19. The van der Waals surface area contributed by atoms with E-state index in [-0.39, 0.29) is 5.56 Å². The van der Waals surface area contributed by atoms with Gasteiger partial charge in [0.1, 0.15) is 5.60 Å². The molecule has 0 atom stereocenters. The number of unbranched alkanes of at least 4 members (excludes halogenated alkanes) is 1. The van der Waals surface area contributed by atoms with Crippen molar-refractivity contribution in [1.82, 2.24) is 15.3 Å². The first-order chi connectivity index (χ1) is 13.6. The largest absolute Gasteiger partial charge is 0.478 e. The van der Waals surface area contributed by atoms with Gasteiger partial charge in [-0.15, -0.1) is 0 Å². The van der Waals surface area contributed by atoms with Crippen LogP contribution in [0, 0.1) is 6.92 Å². The van der Waals surface area contributed by atoms with E-state index in [4.69, 9.17) is 10.6 Å². The molecule has 6 N–H and O–H groups in total. The number of aromatic nitrogens is 2. The molecule has 0 radical (unpaired) electrons. The lowest BCUT2D eigenvalue weighted by Crippen LogP contribution is -2.33. The Bertz CT molecular complexity index is 894. The Morgan fingerprint density at radius 3 is 2.45 bits per heavy atom. The Morgan fingerprint density at radius 1 is 1.14 bits per heavy atom. The minimum atomic E-state index is -1.02. The van der Waals surface area contributed by atoms with E-state index in [1.54, 1.807) is 13.0 Å². The third kappa shape index (κ3) is 6.18. The fourth-order valence-electron chi connectivity index (χ4n) is 2.67. The second kappa shape index (κ2) is 9.37. The van der Waals surface area contributed by atoms with Gasteiger partial charge in [0.25, 0.3) is 0 Å². The number of fused-ring (bicyclic) bond motifs is 1. The molecule has 0 aliphatic rings. The summed E-state index contributed by atoms with van der Waals surface area (Å²) in [6.07, 6.45) is 1.09. The zero-order valence-electron chi connectivity index (χ0n) is 17.1. The summed E-state index contributed by atoms with van der Waals surface area (Å²) in [5.41, 5.74) is 3.72. The monoisotopic (exact) mass is 404 g/mol. The van der Waals surface area contributed by atoms with Crippen molar-refractivity contribution in [3.63, 3.8) is 0 Å². The third-order valence-electron chi connectivity index (χ3n) is 4.02. The fourth-order valence-corrected chi connectivity index (χ4v) is 2.67. The quantitative estimate of drug-likeness (QED) is 0.254. The summed E-state index contributed by atoms with van der Waals surface area (Å²) in [5, 5.41) is 15.1. The van der Waals surface area contributed by atoms with Crippen LogP contribution in [-0.2, 0) is 4.74 Å². The van der Waals surface area contributed by atoms with Crippen LogP contribution in [0.2, 0.25) is 0 Å². The van der Waals surface area contributed by atoms with E-state index in [1.165, 1.54) is 6.07 Å². The number of carboxylic acid groups (broad SMARTS) is 1. The number of carbonyl (C=O) groups excluding carboxylic acids is 1. The van der Waals surface area contributed by atoms with Gasteiger partial charge in [0.15, 0.2) is 11.6 Å². The molecule has 0 spiro atoms. The number of amides is 1. The van der Waals surface area contributed by atoms with Crippen molar-refractivity contribution in [1.29, 1.82) is 0 Å². The van der Waals surface area contributed by atoms with E-state index in [0.29, 0.717) is 41.3 Å². The van der Waals surface area contributed by atoms with Gasteiger partial charge in [0.05, 0.1) is 16.6 Å². The molecule has 1 heterocycles. The van der Waals surface area contributed by atoms with Crippen LogP contribution in [0.4, 0.5) is 16.4 Å². The van der Waals surface area contributed by atoms with E-state index in [1.807, 2.05) is 20.8 Å². The average Bonchev–Trinajstić information content (AvgIpc) is 2.62. The number of carboxylic acids is 1. The second-order valence-electron chi connectivity index (χ2n) is 7.54. The Kier molecular flexibility index (Phi) is 7.16. The number of nitrogens with zero attached hydrogens (tertiary/aromatic N) is 2. The average molecular weight is 404 g/mol. The molecule has 0 bridgehead atoms. The predicted molar refractivity (Wildman–Crippen MR) is 111 cm³/mol. The molecule has 10 heteroatoms. The lowest BCUT2D eigenvalue weighted by molar-refractivity contribution is 0.0526. The topological polar surface area (TPSA) is 151 Å². The smallest absolute Gasteiger partial charge is 0.407 e. The number of benzene rings is 1. The molecule has 2 rings (SSSR count). The molecule has 0 aliphatic heterocycles. The highest BCUT2D eigenvalue weighted by Gasteiger charge is 2.16. The molecule has 0 saturated carbocycles. The van der Waals surface area contributed by atoms with Gasteiger partial charge >= 0.3 is 12.1 Å². The highest BCUT2D eigenvalue weighted by atomic mass is 16.6. The minimum absolute atomic E-state index is 0.174. The molecule has 1 aromatic heterocycles. The first-order valence-corrected chi connectivity index (χ1v) is 9.34. The minimum Gasteiger partial charge on any atom is -0.478 e. The number of hydrazine groups is 1. The van der Waals surface area contributed by atoms with Crippen LogP contribution in [0.5, 0.6) is 0 Å². The molecule has 0 fully saturated rings. The molecule has 0 unspecified atom stereocenters. The number of nitrogen functional groups attached to an aromatic ring is 1. The van der Waals surface area contributed by atoms with Crippen LogP contribution in [0.1, 0.15) is 49.5 Å². The standard InChI is InChI=1S/C19H28N6O4/c1-11-12(17(26)27)7-8-13-14(11)24-16(25-20)15(23-13)21-9-5-6-10-22-18(28)29-19(2,3)4/h7-8H,5-6,9-10,20H2,1-4H3,(H,21,23)(H,22,28)(H,24,25)(H,26,27). The van der Waals surface area contributed by atoms with Gasteiger partial charge in [-0.1, -0.05) is 0 Å². The van der Waals surface area contributed by atoms with E-state index < -0.39 is 17.7 Å². The van der Waals surface area contributed by atoms with Crippen LogP contribution in [0.25, 0.3) is 11.0 Å². The summed E-state index contributed by atoms with van der Waals surface area (Å²) in [6, 6.07) is 3.13. The van der Waals surface area contributed by atoms with Crippen LogP contribution in [0.3, 0.4) is 0 Å². The van der Waals surface area contributed by atoms with Gasteiger partial charge < -0.3 is 25.9 Å². The number of hydrogen-bond acceptors (Lipinski definition) is 8. The summed E-state index contributed by atoms with van der Waals surface area (Å²) in [6.45, 7) is 8.22. The molecule has 29 heavy (non-hydrogen) atoms. The molecule has 1 aromatic carbocycles. The number of aryl methyl sites for hydroxylation is 1. The maximum atomic E-state index is 11.6. The Hall–Kier alpha value is -3.14. The van der Waals surface area contributed by atoms with Crippen molar-refractivity contribution in [2.45, 2.75) is 46.1 Å². The number of nitrogens with two attached hydrogens (primary N) is 1. The Labute approximate surface area is 169 Å². The number of aromatic carboxylic acids is 1. The molecule has 0 saturated heterocycles. The lowest BCUT2D eigenvalue weighted by atomic mass is 10.1. The fraction of sp³-hybridized carbons (Fsp3) is 0.474. The van der Waals surface area contributed by atoms with Gasteiger partial charge in [-0.25, -0.2) is 25.4 Å². The van der Waals surface area contributed by atoms with E-state index in [9.17, 15) is 14.7 Å². The predicted octanol–water partition coefficient (Wildman–Crippen LogP) is 2.64. The number of hydrogen-bond donors (Lipinski definition) is 5. The SMILES string of the molecule is Cc1c(C(=O)O)ccc2nc(NCCCCNC(=O)OC(C)(C)C)c(NN)nc12. The number of carbonyl (C=O) groups is 2. The summed E-state index contributed by atoms with van der Waals surface area (Å²) >= 11 is 0. The Balaban J connectivity index is 1.94. The molecule has 158 valence electrons. The van der Waals surface area contributed by atoms with Gasteiger partial charge in [-0.2, -0.15) is 0 Å². The summed E-state index contributed by atoms with van der Waals surface area (Å²) in [5.74, 6) is 5.34.